The van der Waals surface area contributed by atoms with Gasteiger partial charge >= 0.3 is 0 Å². The maximum absolute atomic E-state index is 11.9. The van der Waals surface area contributed by atoms with E-state index >= 15 is 0 Å². The number of ether oxygens (including phenoxy) is 1. The number of hydrogen-bond acceptors (Lipinski definition) is 5. The summed E-state index contributed by atoms with van der Waals surface area (Å²) in [5.74, 6) is 1.75. The number of aromatic nitrogens is 3. The lowest BCUT2D eigenvalue weighted by atomic mass is 10.1. The lowest BCUT2D eigenvalue weighted by Crippen LogP contribution is -2.36. The number of nitrogens with zero attached hydrogens (tertiary/aromatic N) is 5. The Morgan fingerprint density at radius 1 is 1.40 bits per heavy atom. The van der Waals surface area contributed by atoms with Crippen molar-refractivity contribution in [3.63, 3.8) is 0 Å². The van der Waals surface area contributed by atoms with E-state index in [0.29, 0.717) is 12.3 Å². The summed E-state index contributed by atoms with van der Waals surface area (Å²) in [6.45, 7) is 4.70. The summed E-state index contributed by atoms with van der Waals surface area (Å²) in [6.07, 6.45) is 4.09. The van der Waals surface area contributed by atoms with E-state index in [1.165, 1.54) is 0 Å². The molecular formula is C18H25N5O2. The van der Waals surface area contributed by atoms with Gasteiger partial charge in [-0.1, -0.05) is 6.07 Å². The van der Waals surface area contributed by atoms with Gasteiger partial charge in [-0.15, -0.1) is 0 Å². The third-order valence-corrected chi connectivity index (χ3v) is 4.65. The molecule has 0 saturated heterocycles. The predicted molar refractivity (Wildman–Crippen MR) is 94.2 cm³/mol. The first-order valence-corrected chi connectivity index (χ1v) is 8.47. The zero-order valence-electron chi connectivity index (χ0n) is 15.3. The van der Waals surface area contributed by atoms with Crippen LogP contribution < -0.4 is 4.74 Å². The third kappa shape index (κ3) is 3.66. The minimum Gasteiger partial charge on any atom is -0.481 e. The van der Waals surface area contributed by atoms with Crippen LogP contribution in [-0.4, -0.2) is 58.0 Å². The second-order valence-corrected chi connectivity index (χ2v) is 6.57. The van der Waals surface area contributed by atoms with Crippen LogP contribution in [0.1, 0.15) is 30.0 Å². The zero-order chi connectivity index (χ0) is 18.0. The first kappa shape index (κ1) is 17.4. The van der Waals surface area contributed by atoms with Crippen LogP contribution in [0.3, 0.4) is 0 Å². The molecular weight excluding hydrogens is 318 g/mol. The van der Waals surface area contributed by atoms with E-state index in [2.05, 4.69) is 21.4 Å². The Kier molecular flexibility index (Phi) is 5.03. The quantitative estimate of drug-likeness (QED) is 0.823. The van der Waals surface area contributed by atoms with Crippen LogP contribution in [0.4, 0.5) is 0 Å². The second kappa shape index (κ2) is 7.23. The van der Waals surface area contributed by atoms with Crippen molar-refractivity contribution in [1.82, 2.24) is 24.3 Å². The average Bonchev–Trinajstić information content (AvgIpc) is 3.01. The van der Waals surface area contributed by atoms with E-state index in [9.17, 15) is 4.79 Å². The highest BCUT2D eigenvalue weighted by Crippen LogP contribution is 2.28. The Morgan fingerprint density at radius 3 is 2.92 bits per heavy atom. The van der Waals surface area contributed by atoms with Gasteiger partial charge in [0, 0.05) is 51.7 Å². The maximum Gasteiger partial charge on any atom is 0.228 e. The van der Waals surface area contributed by atoms with Crippen molar-refractivity contribution in [2.75, 3.05) is 27.7 Å². The fourth-order valence-corrected chi connectivity index (χ4v) is 3.15. The fourth-order valence-electron chi connectivity index (χ4n) is 3.15. The molecule has 0 aromatic carbocycles. The summed E-state index contributed by atoms with van der Waals surface area (Å²) in [6, 6.07) is 4.14. The number of hydrogen-bond donors (Lipinski definition) is 0. The van der Waals surface area contributed by atoms with E-state index < -0.39 is 0 Å². The molecule has 0 saturated carbocycles. The lowest BCUT2D eigenvalue weighted by molar-refractivity contribution is -0.128. The average molecular weight is 343 g/mol. The monoisotopic (exact) mass is 343 g/mol. The van der Waals surface area contributed by atoms with E-state index in [4.69, 9.17) is 9.72 Å². The first-order chi connectivity index (χ1) is 12.0. The molecule has 0 unspecified atom stereocenters. The van der Waals surface area contributed by atoms with Crippen molar-refractivity contribution in [3.05, 3.63) is 41.6 Å². The summed E-state index contributed by atoms with van der Waals surface area (Å²) >= 11 is 0. The molecule has 0 N–H and O–H groups in total. The van der Waals surface area contributed by atoms with Crippen LogP contribution in [0.15, 0.2) is 24.5 Å². The number of methoxy groups -OCH3 is 1. The van der Waals surface area contributed by atoms with E-state index in [0.717, 1.165) is 36.7 Å². The van der Waals surface area contributed by atoms with Gasteiger partial charge in [0.05, 0.1) is 25.3 Å². The molecule has 7 heteroatoms. The first-order valence-electron chi connectivity index (χ1n) is 8.47. The van der Waals surface area contributed by atoms with Gasteiger partial charge in [0.1, 0.15) is 5.82 Å². The summed E-state index contributed by atoms with van der Waals surface area (Å²) in [5, 5.41) is 0. The number of rotatable bonds is 5. The van der Waals surface area contributed by atoms with Crippen molar-refractivity contribution < 1.29 is 9.53 Å². The molecule has 1 aliphatic heterocycles. The molecule has 7 nitrogen and oxygen atoms in total. The van der Waals surface area contributed by atoms with Crippen molar-refractivity contribution in [2.45, 2.75) is 32.5 Å². The summed E-state index contributed by atoms with van der Waals surface area (Å²) in [5.41, 5.74) is 1.90. The Bertz CT molecular complexity index is 756. The van der Waals surface area contributed by atoms with Gasteiger partial charge in [-0.3, -0.25) is 9.69 Å². The molecule has 0 radical (unpaired) electrons. The van der Waals surface area contributed by atoms with Crippen molar-refractivity contribution in [1.29, 1.82) is 0 Å². The Hall–Kier alpha value is -2.41. The number of pyridine rings is 1. The van der Waals surface area contributed by atoms with Crippen LogP contribution >= 0.6 is 0 Å². The van der Waals surface area contributed by atoms with Crippen molar-refractivity contribution >= 4 is 5.91 Å². The van der Waals surface area contributed by atoms with E-state index in [1.54, 1.807) is 32.3 Å². The third-order valence-electron chi connectivity index (χ3n) is 4.65. The molecule has 0 bridgehead atoms. The molecule has 134 valence electrons. The molecule has 2 aromatic rings. The van der Waals surface area contributed by atoms with Crippen LogP contribution in [-0.2, 0) is 24.3 Å². The highest BCUT2D eigenvalue weighted by atomic mass is 16.5. The van der Waals surface area contributed by atoms with Gasteiger partial charge in [-0.2, -0.15) is 0 Å². The molecule has 0 aliphatic carbocycles. The molecule has 0 spiro atoms. The number of carbonyl (C=O) groups excluding carboxylic acids is 1. The van der Waals surface area contributed by atoms with Gasteiger partial charge in [-0.25, -0.2) is 9.97 Å². The smallest absolute Gasteiger partial charge is 0.228 e. The minimum atomic E-state index is 0.0695. The molecule has 1 amide bonds. The number of carbonyl (C=O) groups is 1. The molecule has 2 aromatic heterocycles. The largest absolute Gasteiger partial charge is 0.481 e. The van der Waals surface area contributed by atoms with Gasteiger partial charge in [-0.05, 0) is 13.0 Å². The Morgan fingerprint density at radius 2 is 2.20 bits per heavy atom. The summed E-state index contributed by atoms with van der Waals surface area (Å²) < 4.78 is 7.53. The van der Waals surface area contributed by atoms with Crippen molar-refractivity contribution in [2.24, 2.45) is 0 Å². The van der Waals surface area contributed by atoms with Gasteiger partial charge in [0.25, 0.3) is 0 Å². The fraction of sp³-hybridized carbons (Fsp3) is 0.500. The molecule has 25 heavy (non-hydrogen) atoms. The van der Waals surface area contributed by atoms with Crippen LogP contribution in [0.25, 0.3) is 0 Å². The molecule has 1 aliphatic rings. The lowest BCUT2D eigenvalue weighted by Gasteiger charge is -2.33. The zero-order valence-corrected chi connectivity index (χ0v) is 15.3. The highest BCUT2D eigenvalue weighted by molar-refractivity contribution is 5.77. The number of imidazole rings is 1. The number of likely N-dealkylation sites (N-methyl/N-ethyl adjacent to an activating group) is 1. The SMILES string of the molecule is COc1ncccc1CN1CCn2cc(CC(=O)N(C)C)nc2[C@H]1C. The van der Waals surface area contributed by atoms with E-state index in [-0.39, 0.29) is 11.9 Å². The van der Waals surface area contributed by atoms with Gasteiger partial charge in [0.15, 0.2) is 0 Å². The van der Waals surface area contributed by atoms with Crippen LogP contribution in [0, 0.1) is 0 Å². The standard InChI is InChI=1S/C18H25N5O2/c1-13-17-20-15(10-16(24)21(2)3)12-23(17)9-8-22(13)11-14-6-5-7-19-18(14)25-4/h5-7,12-13H,8-11H2,1-4H3/t13-/m1/s1. The highest BCUT2D eigenvalue weighted by Gasteiger charge is 2.27. The second-order valence-electron chi connectivity index (χ2n) is 6.57. The molecule has 0 fully saturated rings. The maximum atomic E-state index is 11.9. The Labute approximate surface area is 148 Å². The molecule has 3 heterocycles. The van der Waals surface area contributed by atoms with Crippen molar-refractivity contribution in [3.8, 4) is 5.88 Å². The Balaban J connectivity index is 1.76. The normalized spacial score (nSPS) is 17.2. The van der Waals surface area contributed by atoms with Gasteiger partial charge in [0.2, 0.25) is 11.8 Å². The molecule has 1 atom stereocenters. The topological polar surface area (TPSA) is 63.5 Å². The minimum absolute atomic E-state index is 0.0695. The predicted octanol–water partition coefficient (Wildman–Crippen LogP) is 1.49. The van der Waals surface area contributed by atoms with Crippen LogP contribution in [0.2, 0.25) is 0 Å². The number of fused-ring (bicyclic) bond motifs is 1. The molecule has 3 rings (SSSR count). The van der Waals surface area contributed by atoms with Crippen LogP contribution in [0.5, 0.6) is 5.88 Å². The summed E-state index contributed by atoms with van der Waals surface area (Å²) in [7, 11) is 5.18. The number of amides is 1. The van der Waals surface area contributed by atoms with Gasteiger partial charge < -0.3 is 14.2 Å². The van der Waals surface area contributed by atoms with E-state index in [1.807, 2.05) is 18.3 Å². The summed E-state index contributed by atoms with van der Waals surface area (Å²) in [4.78, 5) is 24.9.